The van der Waals surface area contributed by atoms with E-state index in [9.17, 15) is 0 Å². The van der Waals surface area contributed by atoms with Gasteiger partial charge in [-0.2, -0.15) is 0 Å². The average molecular weight is 1260 g/mol. The Morgan fingerprint density at radius 3 is 0.521 bits per heavy atom. The van der Waals surface area contributed by atoms with Gasteiger partial charge in [-0.05, 0) is 230 Å². The van der Waals surface area contributed by atoms with Crippen molar-refractivity contribution in [2.24, 2.45) is 0 Å². The molecular formula is C93H105B3. The summed E-state index contributed by atoms with van der Waals surface area (Å²) < 4.78 is 0. The molecule has 0 aromatic heterocycles. The second kappa shape index (κ2) is 24.4. The first kappa shape index (κ1) is 67.0. The lowest BCUT2D eigenvalue weighted by atomic mass is 9.34. The molecule has 0 atom stereocenters. The standard InChI is InChI=1S/C93H105B3/c1-25-91(26-2)76-49-70(94(85-58(13)37-52(7)38-59(85)14)86-60(15)39-53(8)40-61(86)16)31-34-73(76)79-82(91)80-74-35-32-71(95(87-62(17)41-54(9)42-63(87)18)88-64(19)43-55(10)44-65(88)20)50-77(74)92(27-3,28-4)84(80)81-75-36-33-72(51-78(75)93(29-5,30-6)83(79)81)96(89-66(21)45-56(11)46-67(89)22)90-68(23)47-57(12)48-69(90)24/h31-51H,25-30H2,1-24H3. The van der Waals surface area contributed by atoms with Crippen molar-refractivity contribution in [1.29, 1.82) is 0 Å². The summed E-state index contributed by atoms with van der Waals surface area (Å²) in [5.74, 6) is 0. The lowest BCUT2D eigenvalue weighted by Crippen LogP contribution is -2.56. The summed E-state index contributed by atoms with van der Waals surface area (Å²) in [6, 6.07) is 53.3. The van der Waals surface area contributed by atoms with Gasteiger partial charge in [-0.1, -0.05) is 318 Å². The molecule has 0 saturated carbocycles. The molecule has 0 heterocycles. The molecule has 0 fully saturated rings. The summed E-state index contributed by atoms with van der Waals surface area (Å²) in [4.78, 5) is 0. The van der Waals surface area contributed by atoms with Crippen molar-refractivity contribution in [2.45, 2.75) is 221 Å². The topological polar surface area (TPSA) is 0 Å². The molecule has 0 N–H and O–H groups in total. The Hall–Kier alpha value is -7.61. The number of fused-ring (bicyclic) bond motifs is 12. The Bertz CT molecular complexity index is 4070. The number of aryl methyl sites for hydroxylation is 18. The van der Waals surface area contributed by atoms with E-state index >= 15 is 0 Å². The van der Waals surface area contributed by atoms with Crippen LogP contribution >= 0.6 is 0 Å². The Morgan fingerprint density at radius 2 is 0.375 bits per heavy atom. The van der Waals surface area contributed by atoms with Gasteiger partial charge in [0, 0.05) is 16.2 Å². The van der Waals surface area contributed by atoms with Gasteiger partial charge in [0.2, 0.25) is 20.1 Å². The minimum atomic E-state index is -0.277. The molecule has 3 heteroatoms. The minimum absolute atomic E-state index is 0.0622. The van der Waals surface area contributed by atoms with Crippen LogP contribution in [0.1, 0.15) is 214 Å². The van der Waals surface area contributed by atoms with E-state index in [1.165, 1.54) is 199 Å². The van der Waals surface area contributed by atoms with Crippen LogP contribution in [0.3, 0.4) is 0 Å². The van der Waals surface area contributed by atoms with E-state index in [0.29, 0.717) is 0 Å². The maximum atomic E-state index is 2.78. The second-order valence-electron chi connectivity index (χ2n) is 31.2. The van der Waals surface area contributed by atoms with Gasteiger partial charge in [0.05, 0.1) is 0 Å². The van der Waals surface area contributed by atoms with E-state index in [4.69, 9.17) is 0 Å². The van der Waals surface area contributed by atoms with Crippen molar-refractivity contribution in [3.63, 3.8) is 0 Å². The lowest BCUT2D eigenvalue weighted by molar-refractivity contribution is 0.473. The zero-order valence-electron chi connectivity index (χ0n) is 63.1. The number of benzene rings is 10. The van der Waals surface area contributed by atoms with Gasteiger partial charge in [-0.15, -0.1) is 0 Å². The van der Waals surface area contributed by atoms with Crippen LogP contribution in [0.2, 0.25) is 0 Å². The highest BCUT2D eigenvalue weighted by Crippen LogP contribution is 2.70. The monoisotopic (exact) mass is 1250 g/mol. The normalized spacial score (nSPS) is 14.1. The summed E-state index contributed by atoms with van der Waals surface area (Å²) >= 11 is 0. The maximum absolute atomic E-state index is 2.78. The highest BCUT2D eigenvalue weighted by Gasteiger charge is 2.57. The third-order valence-electron chi connectivity index (χ3n) is 25.2. The molecule has 486 valence electrons. The maximum Gasteiger partial charge on any atom is 0.242 e. The van der Waals surface area contributed by atoms with Gasteiger partial charge in [-0.3, -0.25) is 0 Å². The quantitative estimate of drug-likeness (QED) is 0.0898. The van der Waals surface area contributed by atoms with Crippen LogP contribution in [0.5, 0.6) is 0 Å². The van der Waals surface area contributed by atoms with Crippen LogP contribution in [-0.4, -0.2) is 20.1 Å². The van der Waals surface area contributed by atoms with Gasteiger partial charge >= 0.3 is 0 Å². The van der Waals surface area contributed by atoms with Gasteiger partial charge in [0.1, 0.15) is 0 Å². The molecule has 10 aromatic rings. The fourth-order valence-electron chi connectivity index (χ4n) is 21.7. The summed E-state index contributed by atoms with van der Waals surface area (Å²) in [5.41, 5.74) is 54.9. The smallest absolute Gasteiger partial charge is 0.0683 e. The van der Waals surface area contributed by atoms with Crippen molar-refractivity contribution >= 4 is 69.3 Å². The SMILES string of the molecule is CCC1(CC)c2cc(B(c3c(C)cc(C)cc3C)c3c(C)cc(C)cc3C)ccc2-c2c1c1c(c3c2C(CC)(CC)c2cc(B(c4c(C)cc(C)cc4C)c4c(C)cc(C)cc4C)ccc2-3)C(CC)(CC)c2cc(B(c3c(C)cc(C)cc3C)c3c(C)cc(C)cc3C)ccc2-1. The Morgan fingerprint density at radius 1 is 0.219 bits per heavy atom. The van der Waals surface area contributed by atoms with E-state index in [1.807, 2.05) is 0 Å². The number of hydrogen-bond acceptors (Lipinski definition) is 0. The fraction of sp³-hybridized carbons (Fsp3) is 0.355. The lowest BCUT2D eigenvalue weighted by Gasteiger charge is -2.37. The van der Waals surface area contributed by atoms with E-state index < -0.39 is 0 Å². The number of hydrogen-bond donors (Lipinski definition) is 0. The molecule has 96 heavy (non-hydrogen) atoms. The van der Waals surface area contributed by atoms with Crippen molar-refractivity contribution in [3.05, 3.63) is 261 Å². The molecule has 0 unspecified atom stereocenters. The third-order valence-corrected chi connectivity index (χ3v) is 25.2. The van der Waals surface area contributed by atoms with Gasteiger partial charge < -0.3 is 0 Å². The van der Waals surface area contributed by atoms with Crippen LogP contribution in [0.25, 0.3) is 33.4 Å². The van der Waals surface area contributed by atoms with Crippen LogP contribution in [-0.2, 0) is 16.2 Å². The van der Waals surface area contributed by atoms with Crippen molar-refractivity contribution < 1.29 is 0 Å². The van der Waals surface area contributed by atoms with E-state index in [0.717, 1.165) is 38.5 Å². The first-order valence-corrected chi connectivity index (χ1v) is 36.9. The summed E-state index contributed by atoms with van der Waals surface area (Å²) in [7, 11) is 0. The van der Waals surface area contributed by atoms with Crippen LogP contribution < -0.4 is 49.2 Å². The first-order chi connectivity index (χ1) is 45.7. The molecule has 0 bridgehead atoms. The summed E-state index contributed by atoms with van der Waals surface area (Å²) in [6.45, 7) is 57.5. The average Bonchev–Trinajstić information content (AvgIpc) is 1.48. The fourth-order valence-corrected chi connectivity index (χ4v) is 21.7. The molecule has 10 aromatic carbocycles. The predicted molar refractivity (Wildman–Crippen MR) is 425 cm³/mol. The molecule has 3 aliphatic carbocycles. The van der Waals surface area contributed by atoms with Crippen molar-refractivity contribution in [3.8, 4) is 33.4 Å². The molecule has 0 nitrogen and oxygen atoms in total. The zero-order valence-corrected chi connectivity index (χ0v) is 63.1. The largest absolute Gasteiger partial charge is 0.242 e. The van der Waals surface area contributed by atoms with Gasteiger partial charge in [0.15, 0.2) is 0 Å². The second-order valence-corrected chi connectivity index (χ2v) is 31.2. The number of rotatable bonds is 15. The molecule has 3 aliphatic rings. The Kier molecular flexibility index (Phi) is 17.0. The van der Waals surface area contributed by atoms with E-state index in [2.05, 4.69) is 294 Å². The van der Waals surface area contributed by atoms with Crippen LogP contribution in [0, 0.1) is 125 Å². The first-order valence-electron chi connectivity index (χ1n) is 36.9. The minimum Gasteiger partial charge on any atom is -0.0683 e. The molecule has 13 rings (SSSR count). The van der Waals surface area contributed by atoms with Crippen molar-refractivity contribution in [1.82, 2.24) is 0 Å². The van der Waals surface area contributed by atoms with E-state index in [1.54, 1.807) is 16.7 Å². The summed E-state index contributed by atoms with van der Waals surface area (Å²) in [6.07, 6.45) is 6.01. The van der Waals surface area contributed by atoms with Gasteiger partial charge in [0.25, 0.3) is 0 Å². The summed E-state index contributed by atoms with van der Waals surface area (Å²) in [5, 5.41) is 0. The Labute approximate surface area is 580 Å². The van der Waals surface area contributed by atoms with E-state index in [-0.39, 0.29) is 36.4 Å². The van der Waals surface area contributed by atoms with Crippen LogP contribution in [0.15, 0.2) is 127 Å². The van der Waals surface area contributed by atoms with Gasteiger partial charge in [-0.25, -0.2) is 0 Å². The van der Waals surface area contributed by atoms with Crippen LogP contribution in [0.4, 0.5) is 0 Å². The molecular weight excluding hydrogens is 1150 g/mol. The molecule has 0 spiro atoms. The van der Waals surface area contributed by atoms with Crippen molar-refractivity contribution in [2.75, 3.05) is 0 Å². The highest BCUT2D eigenvalue weighted by molar-refractivity contribution is 6.98. The highest BCUT2D eigenvalue weighted by atomic mass is 14.6. The molecule has 0 saturated heterocycles. The zero-order chi connectivity index (χ0) is 68.8. The third kappa shape index (κ3) is 9.81. The molecule has 0 aliphatic heterocycles. The predicted octanol–water partition coefficient (Wildman–Crippen LogP) is 18.0. The molecule has 0 radical (unpaired) electrons. The molecule has 0 amide bonds. The Balaban J connectivity index is 1.18.